The number of amides is 1. The standard InChI is InChI=1S/C23H23F2N7O2S/c1-2-34-16-5-3-15(4-6-16)31-11-19(21(30-31)20-17(25)7-14(24)9-27-20)32-10-13(8-28-32)23-29-18(12-35-23)22(26)33/h7-12,15-16H,2-6H2,1H3,(H2,26,33). The summed E-state index contributed by atoms with van der Waals surface area (Å²) in [7, 11) is 0. The Morgan fingerprint density at radius 2 is 2.00 bits per heavy atom. The van der Waals surface area contributed by atoms with Gasteiger partial charge in [-0.15, -0.1) is 11.3 Å². The molecule has 1 amide bonds. The van der Waals surface area contributed by atoms with Crippen LogP contribution in [-0.2, 0) is 4.74 Å². The Balaban J connectivity index is 1.52. The second kappa shape index (κ2) is 9.62. The van der Waals surface area contributed by atoms with Crippen LogP contribution in [0.4, 0.5) is 8.78 Å². The molecule has 12 heteroatoms. The first-order valence-corrected chi connectivity index (χ1v) is 12.1. The van der Waals surface area contributed by atoms with Crippen LogP contribution in [0.2, 0.25) is 0 Å². The number of ether oxygens (including phenoxy) is 1. The summed E-state index contributed by atoms with van der Waals surface area (Å²) in [4.78, 5) is 19.6. The molecule has 0 aromatic carbocycles. The van der Waals surface area contributed by atoms with Gasteiger partial charge in [0.1, 0.15) is 33.6 Å². The molecule has 9 nitrogen and oxygen atoms in total. The van der Waals surface area contributed by atoms with E-state index in [2.05, 4.69) is 20.2 Å². The van der Waals surface area contributed by atoms with Gasteiger partial charge in [-0.1, -0.05) is 0 Å². The van der Waals surface area contributed by atoms with Crippen molar-refractivity contribution in [2.45, 2.75) is 44.8 Å². The van der Waals surface area contributed by atoms with Crippen molar-refractivity contribution in [3.63, 3.8) is 0 Å². The van der Waals surface area contributed by atoms with Crippen molar-refractivity contribution < 1.29 is 18.3 Å². The summed E-state index contributed by atoms with van der Waals surface area (Å²) in [6.07, 6.45) is 9.85. The normalized spacial score (nSPS) is 18.1. The van der Waals surface area contributed by atoms with Gasteiger partial charge in [0.2, 0.25) is 0 Å². The number of halogens is 2. The molecule has 0 unspecified atom stereocenters. The highest BCUT2D eigenvalue weighted by molar-refractivity contribution is 7.13. The van der Waals surface area contributed by atoms with Crippen LogP contribution in [0.3, 0.4) is 0 Å². The van der Waals surface area contributed by atoms with Crippen LogP contribution in [0, 0.1) is 11.6 Å². The highest BCUT2D eigenvalue weighted by Gasteiger charge is 2.26. The predicted octanol–water partition coefficient (Wildman–Crippen LogP) is 4.15. The summed E-state index contributed by atoms with van der Waals surface area (Å²) in [5, 5.41) is 11.2. The Labute approximate surface area is 203 Å². The summed E-state index contributed by atoms with van der Waals surface area (Å²) in [6.45, 7) is 2.67. The Bertz CT molecular complexity index is 1360. The molecule has 0 radical (unpaired) electrons. The van der Waals surface area contributed by atoms with E-state index >= 15 is 0 Å². The number of carbonyl (C=O) groups is 1. The summed E-state index contributed by atoms with van der Waals surface area (Å²) < 4.78 is 37.4. The third-order valence-corrected chi connectivity index (χ3v) is 6.89. The Morgan fingerprint density at radius 3 is 2.69 bits per heavy atom. The van der Waals surface area contributed by atoms with E-state index in [9.17, 15) is 13.6 Å². The maximum Gasteiger partial charge on any atom is 0.268 e. The molecule has 1 aliphatic carbocycles. The van der Waals surface area contributed by atoms with Gasteiger partial charge in [-0.25, -0.2) is 23.4 Å². The quantitative estimate of drug-likeness (QED) is 0.409. The van der Waals surface area contributed by atoms with Crippen molar-refractivity contribution in [1.29, 1.82) is 0 Å². The van der Waals surface area contributed by atoms with Crippen LogP contribution in [0.15, 0.2) is 36.2 Å². The Hall–Kier alpha value is -3.51. The molecule has 4 aromatic rings. The molecule has 0 bridgehead atoms. The molecule has 5 rings (SSSR count). The smallest absolute Gasteiger partial charge is 0.268 e. The van der Waals surface area contributed by atoms with E-state index in [1.807, 2.05) is 11.6 Å². The monoisotopic (exact) mass is 499 g/mol. The molecular weight excluding hydrogens is 476 g/mol. The highest BCUT2D eigenvalue weighted by atomic mass is 32.1. The summed E-state index contributed by atoms with van der Waals surface area (Å²) in [5.41, 5.74) is 6.82. The molecule has 0 atom stereocenters. The number of carbonyl (C=O) groups excluding carboxylic acids is 1. The molecule has 0 saturated heterocycles. The zero-order chi connectivity index (χ0) is 24.5. The zero-order valence-corrected chi connectivity index (χ0v) is 19.7. The number of hydrogen-bond donors (Lipinski definition) is 1. The van der Waals surface area contributed by atoms with Crippen molar-refractivity contribution in [3.05, 3.63) is 53.6 Å². The average Bonchev–Trinajstić information content (AvgIpc) is 3.59. The van der Waals surface area contributed by atoms with E-state index < -0.39 is 17.5 Å². The number of hydrogen-bond acceptors (Lipinski definition) is 7. The second-order valence-corrected chi connectivity index (χ2v) is 9.15. The summed E-state index contributed by atoms with van der Waals surface area (Å²) in [5.74, 6) is -2.19. The van der Waals surface area contributed by atoms with Crippen molar-refractivity contribution >= 4 is 17.2 Å². The molecule has 4 heterocycles. The number of thiazole rings is 1. The minimum atomic E-state index is -0.810. The lowest BCUT2D eigenvalue weighted by atomic mass is 9.93. The first kappa shape index (κ1) is 23.2. The van der Waals surface area contributed by atoms with Gasteiger partial charge in [-0.05, 0) is 32.6 Å². The number of primary amides is 1. The lowest BCUT2D eigenvalue weighted by Gasteiger charge is -2.28. The summed E-state index contributed by atoms with van der Waals surface area (Å²) >= 11 is 1.26. The Kier molecular flexibility index (Phi) is 6.39. The highest BCUT2D eigenvalue weighted by Crippen LogP contribution is 2.34. The van der Waals surface area contributed by atoms with Gasteiger partial charge in [-0.2, -0.15) is 10.2 Å². The van der Waals surface area contributed by atoms with Crippen molar-refractivity contribution in [3.8, 4) is 27.6 Å². The van der Waals surface area contributed by atoms with Crippen molar-refractivity contribution in [2.24, 2.45) is 5.73 Å². The van der Waals surface area contributed by atoms with Crippen LogP contribution in [0.25, 0.3) is 27.6 Å². The molecule has 1 fully saturated rings. The van der Waals surface area contributed by atoms with Crippen LogP contribution in [-0.4, -0.2) is 48.1 Å². The molecule has 182 valence electrons. The van der Waals surface area contributed by atoms with Crippen LogP contribution in [0.5, 0.6) is 0 Å². The topological polar surface area (TPSA) is 114 Å². The van der Waals surface area contributed by atoms with Gasteiger partial charge in [0.25, 0.3) is 5.91 Å². The second-order valence-electron chi connectivity index (χ2n) is 8.29. The van der Waals surface area contributed by atoms with Gasteiger partial charge in [-0.3, -0.25) is 9.48 Å². The molecular formula is C23H23F2N7O2S. The molecule has 35 heavy (non-hydrogen) atoms. The maximum absolute atomic E-state index is 14.7. The third kappa shape index (κ3) is 4.71. The molecule has 4 aromatic heterocycles. The minimum absolute atomic E-state index is 0.0644. The van der Waals surface area contributed by atoms with E-state index in [0.29, 0.717) is 22.9 Å². The zero-order valence-electron chi connectivity index (χ0n) is 18.9. The lowest BCUT2D eigenvalue weighted by molar-refractivity contribution is 0.0260. The van der Waals surface area contributed by atoms with Gasteiger partial charge in [0, 0.05) is 29.8 Å². The van der Waals surface area contributed by atoms with Crippen molar-refractivity contribution in [1.82, 2.24) is 29.5 Å². The molecule has 1 aliphatic rings. The molecule has 0 aliphatic heterocycles. The van der Waals surface area contributed by atoms with E-state index in [-0.39, 0.29) is 29.2 Å². The predicted molar refractivity (Wildman–Crippen MR) is 125 cm³/mol. The van der Waals surface area contributed by atoms with E-state index in [1.165, 1.54) is 11.3 Å². The van der Waals surface area contributed by atoms with Crippen molar-refractivity contribution in [2.75, 3.05) is 6.61 Å². The fraction of sp³-hybridized carbons (Fsp3) is 0.348. The van der Waals surface area contributed by atoms with Gasteiger partial charge in [0.15, 0.2) is 5.82 Å². The molecule has 2 N–H and O–H groups in total. The number of nitrogens with two attached hydrogens (primary N) is 1. The van der Waals surface area contributed by atoms with E-state index in [4.69, 9.17) is 10.5 Å². The average molecular weight is 500 g/mol. The SMILES string of the molecule is CCOC1CCC(n2cc(-n3cc(-c4nc(C(N)=O)cs4)cn3)c(-c3ncc(F)cc3F)n2)CC1. The molecule has 0 spiro atoms. The van der Waals surface area contributed by atoms with Crippen LogP contribution in [0.1, 0.15) is 49.1 Å². The number of pyridine rings is 1. The summed E-state index contributed by atoms with van der Waals surface area (Å²) in [6, 6.07) is 0.892. The first-order valence-electron chi connectivity index (χ1n) is 11.3. The lowest BCUT2D eigenvalue weighted by Crippen LogP contribution is -2.24. The van der Waals surface area contributed by atoms with Gasteiger partial charge >= 0.3 is 0 Å². The number of nitrogens with zero attached hydrogens (tertiary/aromatic N) is 6. The maximum atomic E-state index is 14.7. The fourth-order valence-corrected chi connectivity index (χ4v) is 5.08. The van der Waals surface area contributed by atoms with Crippen LogP contribution < -0.4 is 5.73 Å². The number of rotatable bonds is 7. The largest absolute Gasteiger partial charge is 0.379 e. The van der Waals surface area contributed by atoms with Gasteiger partial charge < -0.3 is 10.5 Å². The number of aromatic nitrogens is 6. The van der Waals surface area contributed by atoms with E-state index in [1.54, 1.807) is 28.7 Å². The van der Waals surface area contributed by atoms with Gasteiger partial charge in [0.05, 0.1) is 30.7 Å². The fourth-order valence-electron chi connectivity index (χ4n) is 4.29. The van der Waals surface area contributed by atoms with Crippen LogP contribution >= 0.6 is 11.3 Å². The Morgan fingerprint density at radius 1 is 1.20 bits per heavy atom. The third-order valence-electron chi connectivity index (χ3n) is 6.00. The minimum Gasteiger partial charge on any atom is -0.379 e. The van der Waals surface area contributed by atoms with E-state index in [0.717, 1.165) is 37.9 Å². The first-order chi connectivity index (χ1) is 16.9. The molecule has 1 saturated carbocycles.